The molecule has 0 N–H and O–H groups in total. The lowest BCUT2D eigenvalue weighted by Gasteiger charge is -2.16. The minimum Gasteiger partial charge on any atom is -0.350 e. The Morgan fingerprint density at radius 3 is 2.93 bits per heavy atom. The Balaban J connectivity index is 2.61. The van der Waals surface area contributed by atoms with E-state index in [4.69, 9.17) is 5.26 Å². The summed E-state index contributed by atoms with van der Waals surface area (Å²) in [5.41, 5.74) is 1.13. The molecule has 14 heavy (non-hydrogen) atoms. The number of aromatic nitrogens is 1. The Bertz CT molecular complexity index is 326. The second-order valence-electron chi connectivity index (χ2n) is 3.39. The topological polar surface area (TPSA) is 39.9 Å². The van der Waals surface area contributed by atoms with E-state index < -0.39 is 0 Å². The van der Waals surface area contributed by atoms with Gasteiger partial charge in [-0.25, -0.2) is 4.98 Å². The molecule has 0 saturated carbocycles. The van der Waals surface area contributed by atoms with Gasteiger partial charge in [-0.15, -0.1) is 11.3 Å². The highest BCUT2D eigenvalue weighted by molar-refractivity contribution is 7.13. The molecule has 0 fully saturated rings. The third-order valence-electron chi connectivity index (χ3n) is 2.00. The summed E-state index contributed by atoms with van der Waals surface area (Å²) in [5, 5.41) is 11.8. The molecule has 1 atom stereocenters. The molecule has 1 unspecified atom stereocenters. The number of nitriles is 1. The lowest BCUT2D eigenvalue weighted by molar-refractivity contribution is 0.714. The molecule has 0 aromatic carbocycles. The quantitative estimate of drug-likeness (QED) is 0.764. The molecule has 0 spiro atoms. The van der Waals surface area contributed by atoms with Crippen molar-refractivity contribution in [3.8, 4) is 6.07 Å². The molecule has 0 bridgehead atoms. The summed E-state index contributed by atoms with van der Waals surface area (Å²) in [6.07, 6.45) is 0.970. The van der Waals surface area contributed by atoms with Crippen LogP contribution in [0.3, 0.4) is 0 Å². The minimum absolute atomic E-state index is 0.0500. The maximum atomic E-state index is 8.69. The molecular formula is C10H15N3S. The van der Waals surface area contributed by atoms with Gasteiger partial charge in [0.2, 0.25) is 0 Å². The zero-order chi connectivity index (χ0) is 10.6. The smallest absolute Gasteiger partial charge is 0.185 e. The van der Waals surface area contributed by atoms with E-state index in [0.717, 1.165) is 23.8 Å². The van der Waals surface area contributed by atoms with Gasteiger partial charge in [0, 0.05) is 19.0 Å². The number of aryl methyl sites for hydroxylation is 1. The highest BCUT2D eigenvalue weighted by atomic mass is 32.1. The summed E-state index contributed by atoms with van der Waals surface area (Å²) >= 11 is 1.64. The Morgan fingerprint density at radius 1 is 1.71 bits per heavy atom. The molecule has 1 heterocycles. The fourth-order valence-corrected chi connectivity index (χ4v) is 2.05. The fourth-order valence-electron chi connectivity index (χ4n) is 1.16. The molecule has 0 aliphatic carbocycles. The second kappa shape index (κ2) is 4.97. The van der Waals surface area contributed by atoms with Gasteiger partial charge < -0.3 is 4.90 Å². The van der Waals surface area contributed by atoms with Gasteiger partial charge in [-0.3, -0.25) is 0 Å². The van der Waals surface area contributed by atoms with Crippen molar-refractivity contribution in [2.45, 2.75) is 20.3 Å². The van der Waals surface area contributed by atoms with Gasteiger partial charge >= 0.3 is 0 Å². The summed E-state index contributed by atoms with van der Waals surface area (Å²) < 4.78 is 0. The number of nitrogens with zero attached hydrogens (tertiary/aromatic N) is 3. The van der Waals surface area contributed by atoms with Crippen LogP contribution >= 0.6 is 11.3 Å². The van der Waals surface area contributed by atoms with Crippen LogP contribution in [0.4, 0.5) is 5.13 Å². The van der Waals surface area contributed by atoms with Gasteiger partial charge in [-0.1, -0.05) is 6.92 Å². The van der Waals surface area contributed by atoms with Crippen molar-refractivity contribution in [2.24, 2.45) is 5.92 Å². The van der Waals surface area contributed by atoms with Gasteiger partial charge in [0.25, 0.3) is 0 Å². The van der Waals surface area contributed by atoms with Crippen molar-refractivity contribution in [1.29, 1.82) is 5.26 Å². The Hall–Kier alpha value is -1.08. The summed E-state index contributed by atoms with van der Waals surface area (Å²) in [4.78, 5) is 6.49. The molecule has 0 aliphatic heterocycles. The van der Waals surface area contributed by atoms with E-state index in [-0.39, 0.29) is 5.92 Å². The van der Waals surface area contributed by atoms with E-state index in [9.17, 15) is 0 Å². The third-order valence-corrected chi connectivity index (χ3v) is 3.00. The molecule has 4 heteroatoms. The van der Waals surface area contributed by atoms with Crippen LogP contribution in [0.5, 0.6) is 0 Å². The van der Waals surface area contributed by atoms with Crippen molar-refractivity contribution < 1.29 is 0 Å². The molecule has 0 aliphatic rings. The predicted octanol–water partition coefficient (Wildman–Crippen LogP) is 2.30. The lowest BCUT2D eigenvalue weighted by atomic mass is 10.2. The van der Waals surface area contributed by atoms with Crippen LogP contribution in [0.15, 0.2) is 5.38 Å². The van der Waals surface area contributed by atoms with Crippen LogP contribution in [0.1, 0.15) is 19.5 Å². The Kier molecular flexibility index (Phi) is 3.90. The van der Waals surface area contributed by atoms with Gasteiger partial charge in [0.15, 0.2) is 5.13 Å². The van der Waals surface area contributed by atoms with Gasteiger partial charge in [0.05, 0.1) is 17.7 Å². The van der Waals surface area contributed by atoms with Crippen LogP contribution < -0.4 is 4.90 Å². The molecule has 1 aromatic heterocycles. The average molecular weight is 209 g/mol. The predicted molar refractivity (Wildman–Crippen MR) is 59.5 cm³/mol. The fraction of sp³-hybridized carbons (Fsp3) is 0.600. The van der Waals surface area contributed by atoms with Crippen LogP contribution in [-0.4, -0.2) is 18.6 Å². The van der Waals surface area contributed by atoms with Crippen LogP contribution in [0.2, 0.25) is 0 Å². The van der Waals surface area contributed by atoms with E-state index >= 15 is 0 Å². The standard InChI is InChI=1S/C10H15N3S/c1-4-9-7-14-10(12-9)13(3)6-8(2)5-11/h7-8H,4,6H2,1-3H3. The highest BCUT2D eigenvalue weighted by Gasteiger charge is 2.09. The number of hydrogen-bond acceptors (Lipinski definition) is 4. The van der Waals surface area contributed by atoms with Crippen molar-refractivity contribution in [2.75, 3.05) is 18.5 Å². The summed E-state index contributed by atoms with van der Waals surface area (Å²) in [5.74, 6) is 0.0500. The largest absolute Gasteiger partial charge is 0.350 e. The van der Waals surface area contributed by atoms with Crippen molar-refractivity contribution in [3.63, 3.8) is 0 Å². The molecular weight excluding hydrogens is 194 g/mol. The van der Waals surface area contributed by atoms with E-state index in [1.165, 1.54) is 0 Å². The van der Waals surface area contributed by atoms with E-state index in [0.29, 0.717) is 0 Å². The number of hydrogen-bond donors (Lipinski definition) is 0. The maximum absolute atomic E-state index is 8.69. The molecule has 1 aromatic rings. The zero-order valence-corrected chi connectivity index (χ0v) is 9.64. The number of anilines is 1. The normalized spacial score (nSPS) is 12.1. The summed E-state index contributed by atoms with van der Waals surface area (Å²) in [6, 6.07) is 2.22. The van der Waals surface area contributed by atoms with Gasteiger partial charge in [-0.2, -0.15) is 5.26 Å². The first-order valence-corrected chi connectivity index (χ1v) is 5.60. The summed E-state index contributed by atoms with van der Waals surface area (Å²) in [6.45, 7) is 4.76. The summed E-state index contributed by atoms with van der Waals surface area (Å²) in [7, 11) is 1.98. The molecule has 3 nitrogen and oxygen atoms in total. The van der Waals surface area contributed by atoms with E-state index in [1.807, 2.05) is 18.9 Å². The van der Waals surface area contributed by atoms with E-state index in [1.54, 1.807) is 11.3 Å². The van der Waals surface area contributed by atoms with Crippen LogP contribution in [0, 0.1) is 17.2 Å². The van der Waals surface area contributed by atoms with Crippen molar-refractivity contribution in [3.05, 3.63) is 11.1 Å². The zero-order valence-electron chi connectivity index (χ0n) is 8.82. The van der Waals surface area contributed by atoms with E-state index in [2.05, 4.69) is 23.4 Å². The molecule has 0 saturated heterocycles. The monoisotopic (exact) mass is 209 g/mol. The third kappa shape index (κ3) is 2.71. The Labute approximate surface area is 89.0 Å². The molecule has 0 radical (unpaired) electrons. The first kappa shape index (κ1) is 11.0. The second-order valence-corrected chi connectivity index (χ2v) is 4.22. The molecule has 0 amide bonds. The Morgan fingerprint density at radius 2 is 2.43 bits per heavy atom. The first-order chi connectivity index (χ1) is 6.67. The lowest BCUT2D eigenvalue weighted by Crippen LogP contribution is -2.22. The first-order valence-electron chi connectivity index (χ1n) is 4.72. The molecule has 1 rings (SSSR count). The SMILES string of the molecule is CCc1csc(N(C)CC(C)C#N)n1. The van der Waals surface area contributed by atoms with Gasteiger partial charge in [-0.05, 0) is 13.3 Å². The van der Waals surface area contributed by atoms with Crippen molar-refractivity contribution in [1.82, 2.24) is 4.98 Å². The number of thiazole rings is 1. The maximum Gasteiger partial charge on any atom is 0.185 e. The van der Waals surface area contributed by atoms with Crippen molar-refractivity contribution >= 4 is 16.5 Å². The molecule has 76 valence electrons. The number of rotatable bonds is 4. The highest BCUT2D eigenvalue weighted by Crippen LogP contribution is 2.20. The van der Waals surface area contributed by atoms with Crippen LogP contribution in [-0.2, 0) is 6.42 Å². The minimum atomic E-state index is 0.0500. The average Bonchev–Trinajstić information content (AvgIpc) is 2.65. The van der Waals surface area contributed by atoms with Crippen LogP contribution in [0.25, 0.3) is 0 Å². The van der Waals surface area contributed by atoms with Gasteiger partial charge in [0.1, 0.15) is 0 Å².